The van der Waals surface area contributed by atoms with Gasteiger partial charge < -0.3 is 0 Å². The summed E-state index contributed by atoms with van der Waals surface area (Å²) in [6.45, 7) is -0.435. The van der Waals surface area contributed by atoms with E-state index in [9.17, 15) is 17.7 Å². The van der Waals surface area contributed by atoms with Crippen LogP contribution in [0.5, 0.6) is 0 Å². The van der Waals surface area contributed by atoms with Crippen LogP contribution in [0, 0.1) is 0 Å². The molecule has 1 aromatic carbocycles. The van der Waals surface area contributed by atoms with Gasteiger partial charge >= 0.3 is 6.18 Å². The van der Waals surface area contributed by atoms with Crippen LogP contribution in [-0.4, -0.2) is 0 Å². The molecule has 0 atom stereocenters. The third-order valence-corrected chi connectivity index (χ3v) is 1.58. The maximum absolute atomic E-state index is 12.2. The fraction of sp³-hybridized carbons (Fsp3) is 0.250. The first-order chi connectivity index (χ1) is 6.05. The third kappa shape index (κ3) is 2.42. The summed E-state index contributed by atoms with van der Waals surface area (Å²) in [5.74, 6) is 0. The molecule has 0 saturated heterocycles. The Labute approximate surface area is 72.3 Å². The predicted molar refractivity (Wildman–Crippen MR) is 39.4 cm³/mol. The Hall–Kier alpha value is -1.10. The smallest absolute Gasteiger partial charge is 0.166 e. The molecule has 72 valence electrons. The summed E-state index contributed by atoms with van der Waals surface area (Å²) < 4.78 is 48.3. The standard InChI is InChI=1S/C8H7F4N/c9-8(10,11)7-4-2-1-3-6(7)5-13-12/h1-4,13H,5H2. The highest BCUT2D eigenvalue weighted by molar-refractivity contribution is 5.29. The van der Waals surface area contributed by atoms with Gasteiger partial charge in [-0.15, -0.1) is 4.48 Å². The Kier molecular flexibility index (Phi) is 2.87. The van der Waals surface area contributed by atoms with E-state index in [4.69, 9.17) is 0 Å². The molecule has 1 N–H and O–H groups in total. The first-order valence-corrected chi connectivity index (χ1v) is 3.54. The van der Waals surface area contributed by atoms with Crippen molar-refractivity contribution in [2.75, 3.05) is 0 Å². The highest BCUT2D eigenvalue weighted by atomic mass is 19.4. The number of halogens is 4. The minimum atomic E-state index is -4.42. The van der Waals surface area contributed by atoms with E-state index in [1.807, 2.05) is 0 Å². The maximum Gasteiger partial charge on any atom is 0.416 e. The van der Waals surface area contributed by atoms with Crippen LogP contribution in [0.4, 0.5) is 17.7 Å². The minimum absolute atomic E-state index is 0.0995. The molecule has 0 aromatic heterocycles. The summed E-state index contributed by atoms with van der Waals surface area (Å²) in [6, 6.07) is 4.86. The van der Waals surface area contributed by atoms with Gasteiger partial charge in [-0.1, -0.05) is 18.2 Å². The van der Waals surface area contributed by atoms with Crippen LogP contribution in [0.2, 0.25) is 0 Å². The summed E-state index contributed by atoms with van der Waals surface area (Å²) in [5.41, 5.74) is 0.292. The van der Waals surface area contributed by atoms with Gasteiger partial charge in [-0.25, -0.2) is 0 Å². The molecule has 0 heterocycles. The van der Waals surface area contributed by atoms with E-state index in [2.05, 4.69) is 0 Å². The van der Waals surface area contributed by atoms with E-state index in [0.717, 1.165) is 6.07 Å². The topological polar surface area (TPSA) is 12.0 Å². The summed E-state index contributed by atoms with van der Waals surface area (Å²) in [7, 11) is 0. The van der Waals surface area contributed by atoms with Gasteiger partial charge in [-0.2, -0.15) is 18.7 Å². The van der Waals surface area contributed by atoms with Crippen LogP contribution in [0.1, 0.15) is 11.1 Å². The van der Waals surface area contributed by atoms with Gasteiger partial charge in [0.1, 0.15) is 0 Å². The second-order valence-electron chi connectivity index (χ2n) is 2.47. The largest absolute Gasteiger partial charge is 0.416 e. The molecule has 1 nitrogen and oxygen atoms in total. The number of hydrogen-bond acceptors (Lipinski definition) is 1. The minimum Gasteiger partial charge on any atom is -0.166 e. The highest BCUT2D eigenvalue weighted by Crippen LogP contribution is 2.31. The molecule has 0 saturated carbocycles. The zero-order valence-corrected chi connectivity index (χ0v) is 6.53. The van der Waals surface area contributed by atoms with Crippen LogP contribution in [0.25, 0.3) is 0 Å². The fourth-order valence-electron chi connectivity index (χ4n) is 1.02. The van der Waals surface area contributed by atoms with Crippen molar-refractivity contribution in [3.63, 3.8) is 0 Å². The van der Waals surface area contributed by atoms with E-state index in [1.165, 1.54) is 23.7 Å². The van der Waals surface area contributed by atoms with Crippen molar-refractivity contribution in [3.8, 4) is 0 Å². The predicted octanol–water partition coefficient (Wildman–Crippen LogP) is 2.68. The summed E-state index contributed by atoms with van der Waals surface area (Å²) in [4.78, 5) is 0. The first kappa shape index (κ1) is 9.98. The average molecular weight is 193 g/mol. The van der Waals surface area contributed by atoms with E-state index in [-0.39, 0.29) is 5.56 Å². The lowest BCUT2D eigenvalue weighted by Crippen LogP contribution is -2.12. The van der Waals surface area contributed by atoms with Crippen LogP contribution in [0.3, 0.4) is 0 Å². The van der Waals surface area contributed by atoms with Gasteiger partial charge in [-0.3, -0.25) is 0 Å². The number of benzene rings is 1. The van der Waals surface area contributed by atoms with E-state index < -0.39 is 18.3 Å². The van der Waals surface area contributed by atoms with E-state index in [1.54, 1.807) is 0 Å². The van der Waals surface area contributed by atoms with Crippen molar-refractivity contribution >= 4 is 0 Å². The summed E-state index contributed by atoms with van der Waals surface area (Å²) in [5, 5.41) is 0. The molecule has 1 aromatic rings. The molecule has 5 heteroatoms. The van der Waals surface area contributed by atoms with Crippen LogP contribution in [-0.2, 0) is 12.7 Å². The molecular weight excluding hydrogens is 186 g/mol. The SMILES string of the molecule is FNCc1ccccc1C(F)(F)F. The molecule has 13 heavy (non-hydrogen) atoms. The van der Waals surface area contributed by atoms with Gasteiger partial charge in [0, 0.05) is 0 Å². The van der Waals surface area contributed by atoms with Crippen molar-refractivity contribution in [1.29, 1.82) is 0 Å². The average Bonchev–Trinajstić information content (AvgIpc) is 2.04. The first-order valence-electron chi connectivity index (χ1n) is 3.54. The zero-order chi connectivity index (χ0) is 9.90. The van der Waals surface area contributed by atoms with E-state index >= 15 is 0 Å². The number of nitrogens with one attached hydrogen (secondary N) is 1. The molecule has 0 unspecified atom stereocenters. The Balaban J connectivity index is 3.05. The normalized spacial score (nSPS) is 11.7. The van der Waals surface area contributed by atoms with Crippen molar-refractivity contribution in [1.82, 2.24) is 5.54 Å². The van der Waals surface area contributed by atoms with Crippen molar-refractivity contribution in [3.05, 3.63) is 35.4 Å². The lowest BCUT2D eigenvalue weighted by Gasteiger charge is -2.10. The quantitative estimate of drug-likeness (QED) is 0.562. The van der Waals surface area contributed by atoms with Gasteiger partial charge in [0.25, 0.3) is 0 Å². The Morgan fingerprint density at radius 2 is 1.77 bits per heavy atom. The van der Waals surface area contributed by atoms with Gasteiger partial charge in [0.15, 0.2) is 0 Å². The van der Waals surface area contributed by atoms with Crippen molar-refractivity contribution in [2.45, 2.75) is 12.7 Å². The lowest BCUT2D eigenvalue weighted by atomic mass is 10.1. The summed E-state index contributed by atoms with van der Waals surface area (Å²) in [6.07, 6.45) is -4.42. The fourth-order valence-corrected chi connectivity index (χ4v) is 1.02. The van der Waals surface area contributed by atoms with Crippen molar-refractivity contribution < 1.29 is 17.7 Å². The molecule has 0 spiro atoms. The van der Waals surface area contributed by atoms with Gasteiger partial charge in [0.2, 0.25) is 0 Å². The van der Waals surface area contributed by atoms with Crippen LogP contribution < -0.4 is 5.54 Å². The highest BCUT2D eigenvalue weighted by Gasteiger charge is 2.32. The van der Waals surface area contributed by atoms with Crippen LogP contribution in [0.15, 0.2) is 24.3 Å². The van der Waals surface area contributed by atoms with Gasteiger partial charge in [-0.05, 0) is 11.6 Å². The molecule has 0 radical (unpaired) electrons. The summed E-state index contributed by atoms with van der Waals surface area (Å²) >= 11 is 0. The molecule has 0 bridgehead atoms. The molecule has 0 aliphatic carbocycles. The Morgan fingerprint density at radius 1 is 1.15 bits per heavy atom. The molecular formula is C8H7F4N. The zero-order valence-electron chi connectivity index (χ0n) is 6.53. The molecule has 0 fully saturated rings. The third-order valence-electron chi connectivity index (χ3n) is 1.58. The Bertz CT molecular complexity index is 282. The lowest BCUT2D eigenvalue weighted by molar-refractivity contribution is -0.138. The van der Waals surface area contributed by atoms with E-state index in [0.29, 0.717) is 0 Å². The molecule has 0 amide bonds. The monoisotopic (exact) mass is 193 g/mol. The second-order valence-corrected chi connectivity index (χ2v) is 2.47. The number of hydrogen-bond donors (Lipinski definition) is 1. The molecule has 0 aliphatic rings. The number of rotatable bonds is 2. The Morgan fingerprint density at radius 3 is 2.31 bits per heavy atom. The molecule has 1 rings (SSSR count). The van der Waals surface area contributed by atoms with Gasteiger partial charge in [0.05, 0.1) is 12.1 Å². The number of alkyl halides is 3. The van der Waals surface area contributed by atoms with Crippen molar-refractivity contribution in [2.24, 2.45) is 0 Å². The van der Waals surface area contributed by atoms with Crippen LogP contribution >= 0.6 is 0 Å². The second kappa shape index (κ2) is 3.74. The maximum atomic E-state index is 12.2. The molecule has 0 aliphatic heterocycles.